The summed E-state index contributed by atoms with van der Waals surface area (Å²) in [6.07, 6.45) is 0. The molecule has 0 spiro atoms. The molecule has 30 heavy (non-hydrogen) atoms. The van der Waals surface area contributed by atoms with Crippen LogP contribution in [0.5, 0.6) is 0 Å². The third-order valence-corrected chi connectivity index (χ3v) is 6.50. The molecule has 2 aromatic carbocycles. The van der Waals surface area contributed by atoms with Crippen LogP contribution >= 0.6 is 11.6 Å². The average molecular weight is 449 g/mol. The summed E-state index contributed by atoms with van der Waals surface area (Å²) in [5.74, 6) is 0.327. The molecular formula is C20H21ClN4O4S. The summed E-state index contributed by atoms with van der Waals surface area (Å²) in [4.78, 5) is 16.6. The van der Waals surface area contributed by atoms with E-state index in [0.29, 0.717) is 28.6 Å². The number of rotatable bonds is 8. The second-order valence-electron chi connectivity index (χ2n) is 6.31. The molecule has 1 amide bonds. The molecule has 0 aliphatic heterocycles. The number of nitrogens with one attached hydrogen (secondary N) is 1. The van der Waals surface area contributed by atoms with Crippen LogP contribution in [0.1, 0.15) is 30.1 Å². The largest absolute Gasteiger partial charge is 0.343 e. The molecule has 3 rings (SSSR count). The Labute approximate surface area is 179 Å². The first kappa shape index (κ1) is 21.8. The van der Waals surface area contributed by atoms with Crippen LogP contribution in [0.25, 0.3) is 11.4 Å². The Morgan fingerprint density at radius 1 is 1.10 bits per heavy atom. The molecule has 1 aromatic heterocycles. The van der Waals surface area contributed by atoms with Gasteiger partial charge in [-0.2, -0.15) is 4.98 Å². The summed E-state index contributed by atoms with van der Waals surface area (Å²) in [6, 6.07) is 13.4. The van der Waals surface area contributed by atoms with Crippen molar-refractivity contribution in [3.8, 4) is 11.4 Å². The SMILES string of the molecule is CCN(c1ccc(C(=O)NCc2nc(-c3ccc(Cl)cc3)no2)cc1)S(=O)(=O)CC. The number of hydrogen-bond acceptors (Lipinski definition) is 6. The normalized spacial score (nSPS) is 11.3. The minimum Gasteiger partial charge on any atom is -0.343 e. The highest BCUT2D eigenvalue weighted by molar-refractivity contribution is 7.92. The highest BCUT2D eigenvalue weighted by Gasteiger charge is 2.19. The maximum atomic E-state index is 12.4. The third-order valence-electron chi connectivity index (χ3n) is 4.38. The number of amides is 1. The van der Waals surface area contributed by atoms with E-state index in [2.05, 4.69) is 15.5 Å². The monoisotopic (exact) mass is 448 g/mol. The van der Waals surface area contributed by atoms with Crippen molar-refractivity contribution in [3.63, 3.8) is 0 Å². The van der Waals surface area contributed by atoms with Gasteiger partial charge in [0, 0.05) is 22.7 Å². The molecule has 1 heterocycles. The second kappa shape index (κ2) is 9.27. The molecule has 0 unspecified atom stereocenters. The molecule has 0 aliphatic carbocycles. The molecule has 8 nitrogen and oxygen atoms in total. The Kier molecular flexibility index (Phi) is 6.73. The number of halogens is 1. The van der Waals surface area contributed by atoms with Crippen molar-refractivity contribution in [2.45, 2.75) is 20.4 Å². The van der Waals surface area contributed by atoms with E-state index in [-0.39, 0.29) is 24.1 Å². The first-order valence-corrected chi connectivity index (χ1v) is 11.3. The van der Waals surface area contributed by atoms with Gasteiger partial charge >= 0.3 is 0 Å². The Morgan fingerprint density at radius 2 is 1.77 bits per heavy atom. The number of sulfonamides is 1. The summed E-state index contributed by atoms with van der Waals surface area (Å²) in [7, 11) is -3.37. The predicted molar refractivity (Wildman–Crippen MR) is 115 cm³/mol. The molecular weight excluding hydrogens is 428 g/mol. The molecule has 0 aliphatic rings. The van der Waals surface area contributed by atoms with Gasteiger partial charge in [-0.1, -0.05) is 16.8 Å². The summed E-state index contributed by atoms with van der Waals surface area (Å²) in [6.45, 7) is 3.73. The lowest BCUT2D eigenvalue weighted by atomic mass is 10.2. The zero-order valence-electron chi connectivity index (χ0n) is 16.5. The summed E-state index contributed by atoms with van der Waals surface area (Å²) in [5.41, 5.74) is 1.65. The zero-order chi connectivity index (χ0) is 21.7. The lowest BCUT2D eigenvalue weighted by Gasteiger charge is -2.22. The zero-order valence-corrected chi connectivity index (χ0v) is 18.1. The van der Waals surface area contributed by atoms with Gasteiger partial charge in [-0.15, -0.1) is 0 Å². The van der Waals surface area contributed by atoms with Crippen LogP contribution in [0.15, 0.2) is 53.1 Å². The van der Waals surface area contributed by atoms with E-state index in [1.807, 2.05) is 0 Å². The summed E-state index contributed by atoms with van der Waals surface area (Å²) < 4.78 is 30.8. The molecule has 0 saturated carbocycles. The number of nitrogens with zero attached hydrogens (tertiary/aromatic N) is 3. The van der Waals surface area contributed by atoms with Gasteiger partial charge in [-0.05, 0) is 62.4 Å². The van der Waals surface area contributed by atoms with Crippen LogP contribution in [0.2, 0.25) is 5.02 Å². The molecule has 0 fully saturated rings. The summed E-state index contributed by atoms with van der Waals surface area (Å²) >= 11 is 5.87. The van der Waals surface area contributed by atoms with Crippen LogP contribution < -0.4 is 9.62 Å². The lowest BCUT2D eigenvalue weighted by molar-refractivity contribution is 0.0946. The number of benzene rings is 2. The molecule has 3 aromatic rings. The van der Waals surface area contributed by atoms with E-state index in [9.17, 15) is 13.2 Å². The van der Waals surface area contributed by atoms with Crippen molar-refractivity contribution < 1.29 is 17.7 Å². The molecule has 1 N–H and O–H groups in total. The highest BCUT2D eigenvalue weighted by atomic mass is 35.5. The van der Waals surface area contributed by atoms with Crippen molar-refractivity contribution in [2.75, 3.05) is 16.6 Å². The average Bonchev–Trinajstić information content (AvgIpc) is 3.22. The number of aromatic nitrogens is 2. The van der Waals surface area contributed by atoms with E-state index in [1.165, 1.54) is 4.31 Å². The van der Waals surface area contributed by atoms with Gasteiger partial charge in [0.2, 0.25) is 21.7 Å². The molecule has 158 valence electrons. The Bertz CT molecular complexity index is 1110. The van der Waals surface area contributed by atoms with Crippen molar-refractivity contribution in [1.82, 2.24) is 15.5 Å². The van der Waals surface area contributed by atoms with E-state index >= 15 is 0 Å². The Hall–Kier alpha value is -2.91. The van der Waals surface area contributed by atoms with Crippen LogP contribution in [0, 0.1) is 0 Å². The van der Waals surface area contributed by atoms with Gasteiger partial charge in [-0.3, -0.25) is 9.10 Å². The number of hydrogen-bond donors (Lipinski definition) is 1. The fourth-order valence-electron chi connectivity index (χ4n) is 2.78. The fourth-order valence-corrected chi connectivity index (χ4v) is 4.05. The molecule has 0 atom stereocenters. The minimum absolute atomic E-state index is 0.00523. The lowest BCUT2D eigenvalue weighted by Crippen LogP contribution is -2.32. The van der Waals surface area contributed by atoms with Gasteiger partial charge in [-0.25, -0.2) is 8.42 Å². The van der Waals surface area contributed by atoms with Crippen LogP contribution in [-0.2, 0) is 16.6 Å². The first-order chi connectivity index (χ1) is 14.3. The van der Waals surface area contributed by atoms with Crippen LogP contribution in [0.4, 0.5) is 5.69 Å². The van der Waals surface area contributed by atoms with Gasteiger partial charge < -0.3 is 9.84 Å². The predicted octanol–water partition coefficient (Wildman–Crippen LogP) is 3.50. The van der Waals surface area contributed by atoms with E-state index in [0.717, 1.165) is 5.56 Å². The summed E-state index contributed by atoms with van der Waals surface area (Å²) in [5, 5.41) is 7.21. The standard InChI is InChI=1S/C20H21ClN4O4S/c1-3-25(30(27,28)4-2)17-11-7-15(8-12-17)20(26)22-13-18-23-19(24-29-18)14-5-9-16(21)10-6-14/h5-12H,3-4,13H2,1-2H3,(H,22,26). The maximum Gasteiger partial charge on any atom is 0.251 e. The number of carbonyl (C=O) groups is 1. The fraction of sp³-hybridized carbons (Fsp3) is 0.250. The molecule has 0 radical (unpaired) electrons. The number of carbonyl (C=O) groups excluding carboxylic acids is 1. The minimum atomic E-state index is -3.37. The van der Waals surface area contributed by atoms with Gasteiger partial charge in [0.1, 0.15) is 0 Å². The van der Waals surface area contributed by atoms with Crippen molar-refractivity contribution >= 4 is 33.2 Å². The van der Waals surface area contributed by atoms with Crippen LogP contribution in [-0.4, -0.2) is 36.8 Å². The van der Waals surface area contributed by atoms with Gasteiger partial charge in [0.25, 0.3) is 5.91 Å². The van der Waals surface area contributed by atoms with E-state index < -0.39 is 10.0 Å². The van der Waals surface area contributed by atoms with Crippen LogP contribution in [0.3, 0.4) is 0 Å². The third kappa shape index (κ3) is 4.98. The van der Waals surface area contributed by atoms with Gasteiger partial charge in [0.15, 0.2) is 0 Å². The van der Waals surface area contributed by atoms with E-state index in [4.69, 9.17) is 16.1 Å². The van der Waals surface area contributed by atoms with Crippen molar-refractivity contribution in [1.29, 1.82) is 0 Å². The highest BCUT2D eigenvalue weighted by Crippen LogP contribution is 2.20. The Balaban J connectivity index is 1.63. The first-order valence-electron chi connectivity index (χ1n) is 9.31. The second-order valence-corrected chi connectivity index (χ2v) is 8.93. The van der Waals surface area contributed by atoms with Gasteiger partial charge in [0.05, 0.1) is 18.0 Å². The molecule has 0 bridgehead atoms. The smallest absolute Gasteiger partial charge is 0.251 e. The maximum absolute atomic E-state index is 12.4. The Morgan fingerprint density at radius 3 is 2.37 bits per heavy atom. The molecule has 10 heteroatoms. The molecule has 0 saturated heterocycles. The topological polar surface area (TPSA) is 105 Å². The van der Waals surface area contributed by atoms with Crippen molar-refractivity contribution in [2.24, 2.45) is 0 Å². The number of anilines is 1. The van der Waals surface area contributed by atoms with Crippen molar-refractivity contribution in [3.05, 3.63) is 65.0 Å². The van der Waals surface area contributed by atoms with E-state index in [1.54, 1.807) is 62.4 Å². The quantitative estimate of drug-likeness (QED) is 0.565.